The van der Waals surface area contributed by atoms with Crippen LogP contribution in [0.1, 0.15) is 75.2 Å². The van der Waals surface area contributed by atoms with E-state index in [0.29, 0.717) is 11.3 Å². The van der Waals surface area contributed by atoms with E-state index in [1.807, 2.05) is 13.8 Å². The third-order valence-electron chi connectivity index (χ3n) is 8.25. The van der Waals surface area contributed by atoms with Gasteiger partial charge in [-0.15, -0.1) is 0 Å². The van der Waals surface area contributed by atoms with Crippen LogP contribution in [-0.2, 0) is 30.8 Å². The molecule has 1 unspecified atom stereocenters. The molecular formula is C37H54N4O9S. The third kappa shape index (κ3) is 11.3. The summed E-state index contributed by atoms with van der Waals surface area (Å²) in [5.74, 6) is -0.772. The molecular weight excluding hydrogens is 676 g/mol. The van der Waals surface area contributed by atoms with Crippen LogP contribution >= 0.6 is 0 Å². The molecule has 0 bridgehead atoms. The van der Waals surface area contributed by atoms with Crippen LogP contribution in [0.4, 0.5) is 4.79 Å². The van der Waals surface area contributed by atoms with E-state index in [-0.39, 0.29) is 48.9 Å². The number of amides is 3. The SMILES string of the molecule is [3H]C(O)(CN(CC(C)C)S(=O)(=O)c1ccc2c(c1)OCO2)[C@H](Cc1ccccc1)NC(=O)[C@@H](NC(=O)CN(C(=O)OC(C)(C)C)C1CC1)C(C)(C)C. The molecule has 3 amide bonds. The first-order valence-electron chi connectivity index (χ1n) is 17.8. The van der Waals surface area contributed by atoms with Crippen molar-refractivity contribution in [1.82, 2.24) is 19.8 Å². The maximum Gasteiger partial charge on any atom is 0.411 e. The normalized spacial score (nSPS) is 17.3. The number of nitrogens with one attached hydrogen (secondary N) is 2. The summed E-state index contributed by atoms with van der Waals surface area (Å²) in [6.45, 7) is 13.0. The molecule has 3 atom stereocenters. The Morgan fingerprint density at radius 1 is 0.980 bits per heavy atom. The lowest BCUT2D eigenvalue weighted by atomic mass is 9.85. The monoisotopic (exact) mass is 732 g/mol. The minimum absolute atomic E-state index is 0.0227. The van der Waals surface area contributed by atoms with E-state index in [4.69, 9.17) is 14.2 Å². The van der Waals surface area contributed by atoms with E-state index >= 15 is 0 Å². The van der Waals surface area contributed by atoms with E-state index in [0.717, 1.165) is 17.1 Å². The van der Waals surface area contributed by atoms with Crippen molar-refractivity contribution in [2.45, 2.75) is 109 Å². The van der Waals surface area contributed by atoms with Gasteiger partial charge in [0.25, 0.3) is 0 Å². The van der Waals surface area contributed by atoms with Gasteiger partial charge in [-0.05, 0) is 69.1 Å². The van der Waals surface area contributed by atoms with Gasteiger partial charge < -0.3 is 30.0 Å². The average Bonchev–Trinajstić information content (AvgIpc) is 3.75. The lowest BCUT2D eigenvalue weighted by molar-refractivity contribution is -0.133. The number of carbonyl (C=O) groups is 3. The van der Waals surface area contributed by atoms with E-state index < -0.39 is 63.7 Å². The maximum atomic E-state index is 14.1. The van der Waals surface area contributed by atoms with Gasteiger partial charge in [-0.3, -0.25) is 14.5 Å². The molecule has 0 aromatic heterocycles. The number of ether oxygens (including phenoxy) is 3. The highest BCUT2D eigenvalue weighted by molar-refractivity contribution is 7.89. The van der Waals surface area contributed by atoms with Crippen molar-refractivity contribution in [2.24, 2.45) is 11.3 Å². The van der Waals surface area contributed by atoms with Gasteiger partial charge in [-0.2, -0.15) is 4.31 Å². The van der Waals surface area contributed by atoms with Crippen molar-refractivity contribution in [2.75, 3.05) is 26.4 Å². The number of benzene rings is 2. The zero-order valence-corrected chi connectivity index (χ0v) is 31.7. The smallest absolute Gasteiger partial charge is 0.411 e. The fourth-order valence-electron chi connectivity index (χ4n) is 5.58. The number of rotatable bonds is 15. The summed E-state index contributed by atoms with van der Waals surface area (Å²) >= 11 is 0. The van der Waals surface area contributed by atoms with Crippen LogP contribution in [0.5, 0.6) is 11.5 Å². The van der Waals surface area contributed by atoms with E-state index in [1.54, 1.807) is 71.9 Å². The lowest BCUT2D eigenvalue weighted by Crippen LogP contribution is -2.60. The largest absolute Gasteiger partial charge is 0.454 e. The summed E-state index contributed by atoms with van der Waals surface area (Å²) in [6.07, 6.45) is -1.72. The first kappa shape index (κ1) is 38.4. The minimum Gasteiger partial charge on any atom is -0.454 e. The molecule has 2 aromatic carbocycles. The van der Waals surface area contributed by atoms with Gasteiger partial charge >= 0.3 is 6.09 Å². The Morgan fingerprint density at radius 3 is 2.22 bits per heavy atom. The summed E-state index contributed by atoms with van der Waals surface area (Å²) < 4.78 is 54.6. The number of sulfonamides is 1. The summed E-state index contributed by atoms with van der Waals surface area (Å²) in [5.41, 5.74) is -0.926. The molecule has 14 heteroatoms. The van der Waals surface area contributed by atoms with Gasteiger partial charge in [-0.25, -0.2) is 13.2 Å². The van der Waals surface area contributed by atoms with Gasteiger partial charge in [0.2, 0.25) is 28.6 Å². The van der Waals surface area contributed by atoms with Crippen LogP contribution in [0.25, 0.3) is 0 Å². The first-order chi connectivity index (χ1) is 24.1. The predicted molar refractivity (Wildman–Crippen MR) is 192 cm³/mol. The van der Waals surface area contributed by atoms with Crippen molar-refractivity contribution >= 4 is 27.9 Å². The Morgan fingerprint density at radius 2 is 1.63 bits per heavy atom. The number of hydrogen-bond donors (Lipinski definition) is 3. The molecule has 1 aliphatic carbocycles. The fourth-order valence-corrected chi connectivity index (χ4v) is 7.17. The topological polar surface area (TPSA) is 164 Å². The molecule has 1 saturated carbocycles. The summed E-state index contributed by atoms with van der Waals surface area (Å²) in [7, 11) is -4.27. The average molecular weight is 733 g/mol. The Labute approximate surface area is 303 Å². The van der Waals surface area contributed by atoms with E-state index in [9.17, 15) is 29.3 Å². The number of nitrogens with zero attached hydrogens (tertiary/aromatic N) is 2. The van der Waals surface area contributed by atoms with Crippen molar-refractivity contribution in [1.29, 1.82) is 0 Å². The van der Waals surface area contributed by atoms with Crippen LogP contribution in [0.3, 0.4) is 0 Å². The molecule has 2 aliphatic rings. The zero-order chi connectivity index (χ0) is 38.6. The Bertz CT molecular complexity index is 1690. The number of aliphatic hydroxyl groups is 1. The van der Waals surface area contributed by atoms with E-state index in [2.05, 4.69) is 10.6 Å². The molecule has 13 nitrogen and oxygen atoms in total. The van der Waals surface area contributed by atoms with Crippen molar-refractivity contribution < 1.29 is 43.5 Å². The van der Waals surface area contributed by atoms with Gasteiger partial charge in [0.15, 0.2) is 11.5 Å². The Balaban J connectivity index is 1.60. The summed E-state index contributed by atoms with van der Waals surface area (Å²) in [5, 5.41) is 17.5. The molecule has 4 rings (SSSR count). The van der Waals surface area contributed by atoms with E-state index in [1.165, 1.54) is 23.1 Å². The lowest BCUT2D eigenvalue weighted by Gasteiger charge is -2.35. The summed E-state index contributed by atoms with van der Waals surface area (Å²) in [4.78, 5) is 41.8. The quantitative estimate of drug-likeness (QED) is 0.245. The molecule has 0 saturated heterocycles. The third-order valence-corrected chi connectivity index (χ3v) is 10.1. The second-order valence-electron chi connectivity index (χ2n) is 15.7. The van der Waals surface area contributed by atoms with Crippen LogP contribution in [0.15, 0.2) is 53.4 Å². The number of carbonyl (C=O) groups excluding carboxylic acids is 3. The summed E-state index contributed by atoms with van der Waals surface area (Å²) in [6, 6.07) is 10.5. The first-order valence-corrected chi connectivity index (χ1v) is 18.8. The molecule has 282 valence electrons. The number of hydrogen-bond acceptors (Lipinski definition) is 9. The van der Waals surface area contributed by atoms with Gasteiger partial charge in [0.05, 0.1) is 18.4 Å². The van der Waals surface area contributed by atoms with Crippen LogP contribution in [-0.4, -0.2) is 96.9 Å². The highest BCUT2D eigenvalue weighted by Crippen LogP contribution is 2.35. The Hall–Kier alpha value is -3.88. The maximum absolute atomic E-state index is 14.1. The molecule has 0 radical (unpaired) electrons. The van der Waals surface area contributed by atoms with Crippen molar-refractivity contribution in [3.63, 3.8) is 0 Å². The van der Waals surface area contributed by atoms with Gasteiger partial charge in [-0.1, -0.05) is 65.0 Å². The second-order valence-corrected chi connectivity index (χ2v) is 17.6. The standard InChI is InChI=1S/C37H54N4O9S/c1-24(2)20-40(51(46,47)27-16-17-30-31(19-27)49-23-48-30)21-29(42)28(18-25-12-10-9-11-13-25)38-34(44)33(36(3,4)5)39-32(43)22-41(26-14-15-26)35(45)50-37(6,7)8/h9-13,16-17,19,24,26,28-29,33,42H,14-15,18,20-23H2,1-8H3,(H,38,44)(H,39,43)/t28-,29?,33+/m0/s1/i29T. The number of fused-ring (bicyclic) bond motifs is 1. The molecule has 1 fully saturated rings. The molecule has 1 aliphatic heterocycles. The second kappa shape index (κ2) is 16.2. The van der Waals surface area contributed by atoms with Crippen LogP contribution in [0, 0.1) is 11.3 Å². The van der Waals surface area contributed by atoms with Gasteiger partial charge in [0, 0.05) is 25.2 Å². The van der Waals surface area contributed by atoms with Crippen molar-refractivity contribution in [3.8, 4) is 11.5 Å². The van der Waals surface area contributed by atoms with Crippen LogP contribution in [0.2, 0.25) is 0 Å². The molecule has 1 heterocycles. The Kier molecular flexibility index (Phi) is 12.2. The van der Waals surface area contributed by atoms with Gasteiger partial charge in [0.1, 0.15) is 18.2 Å². The van der Waals surface area contributed by atoms with Crippen molar-refractivity contribution in [3.05, 3.63) is 54.1 Å². The molecule has 0 spiro atoms. The molecule has 3 N–H and O–H groups in total. The highest BCUT2D eigenvalue weighted by Gasteiger charge is 2.40. The molecule has 2 aromatic rings. The molecule has 51 heavy (non-hydrogen) atoms. The zero-order valence-electron chi connectivity index (χ0n) is 31.9. The highest BCUT2D eigenvalue weighted by atomic mass is 32.2. The van der Waals surface area contributed by atoms with Crippen LogP contribution < -0.4 is 20.1 Å². The minimum atomic E-state index is -4.27. The fraction of sp³-hybridized carbons (Fsp3) is 0.595. The predicted octanol–water partition coefficient (Wildman–Crippen LogP) is 4.08.